The standard InChI is InChI=1S/C14H22N2O5/c1-3-21-13(19)11-5-4-6-16(11)14(20)15-7-9(2)10(8-15)12(17)18/h9-11H,3-8H2,1-2H3,(H,17,18). The largest absolute Gasteiger partial charge is 0.481 e. The summed E-state index contributed by atoms with van der Waals surface area (Å²) >= 11 is 0. The Bertz CT molecular complexity index is 439. The molecular formula is C14H22N2O5. The lowest BCUT2D eigenvalue weighted by Gasteiger charge is -2.28. The van der Waals surface area contributed by atoms with E-state index in [4.69, 9.17) is 9.84 Å². The van der Waals surface area contributed by atoms with Crippen LogP contribution in [0.1, 0.15) is 26.7 Å². The van der Waals surface area contributed by atoms with E-state index in [1.54, 1.807) is 11.8 Å². The third-order valence-corrected chi connectivity index (χ3v) is 4.26. The smallest absolute Gasteiger partial charge is 0.328 e. The van der Waals surface area contributed by atoms with E-state index in [2.05, 4.69) is 0 Å². The summed E-state index contributed by atoms with van der Waals surface area (Å²) in [5, 5.41) is 9.13. The van der Waals surface area contributed by atoms with E-state index in [0.29, 0.717) is 26.1 Å². The summed E-state index contributed by atoms with van der Waals surface area (Å²) < 4.78 is 5.00. The van der Waals surface area contributed by atoms with E-state index < -0.39 is 17.9 Å². The molecule has 118 valence electrons. The summed E-state index contributed by atoms with van der Waals surface area (Å²) in [5.41, 5.74) is 0. The number of esters is 1. The predicted octanol–water partition coefficient (Wildman–Crippen LogP) is 0.786. The maximum Gasteiger partial charge on any atom is 0.328 e. The Balaban J connectivity index is 2.03. The molecule has 3 atom stereocenters. The molecule has 7 nitrogen and oxygen atoms in total. The Hall–Kier alpha value is -1.79. The SMILES string of the molecule is CCOC(=O)C1CCCN1C(=O)N1CC(C)C(C(=O)O)C1. The molecule has 1 N–H and O–H groups in total. The van der Waals surface area contributed by atoms with Crippen molar-refractivity contribution in [3.05, 3.63) is 0 Å². The lowest BCUT2D eigenvalue weighted by atomic mass is 9.99. The van der Waals surface area contributed by atoms with Crippen LogP contribution in [0.2, 0.25) is 0 Å². The van der Waals surface area contributed by atoms with E-state index in [1.807, 2.05) is 6.92 Å². The van der Waals surface area contributed by atoms with Crippen LogP contribution < -0.4 is 0 Å². The van der Waals surface area contributed by atoms with E-state index in [0.717, 1.165) is 6.42 Å². The zero-order chi connectivity index (χ0) is 15.6. The van der Waals surface area contributed by atoms with Gasteiger partial charge < -0.3 is 19.6 Å². The molecule has 2 saturated heterocycles. The maximum absolute atomic E-state index is 12.5. The second kappa shape index (κ2) is 6.32. The third kappa shape index (κ3) is 3.11. The average molecular weight is 298 g/mol. The highest BCUT2D eigenvalue weighted by Gasteiger charge is 2.42. The molecule has 7 heteroatoms. The molecule has 0 aromatic heterocycles. The molecule has 0 radical (unpaired) electrons. The molecule has 2 aliphatic rings. The van der Waals surface area contributed by atoms with Crippen molar-refractivity contribution in [3.63, 3.8) is 0 Å². The topological polar surface area (TPSA) is 87.2 Å². The second-order valence-corrected chi connectivity index (χ2v) is 5.71. The molecule has 0 bridgehead atoms. The highest BCUT2D eigenvalue weighted by atomic mass is 16.5. The molecule has 0 spiro atoms. The van der Waals surface area contributed by atoms with Crippen molar-refractivity contribution in [2.24, 2.45) is 11.8 Å². The van der Waals surface area contributed by atoms with Gasteiger partial charge in [-0.15, -0.1) is 0 Å². The van der Waals surface area contributed by atoms with Crippen molar-refractivity contribution in [2.45, 2.75) is 32.7 Å². The zero-order valence-corrected chi connectivity index (χ0v) is 12.4. The van der Waals surface area contributed by atoms with Crippen molar-refractivity contribution >= 4 is 18.0 Å². The minimum absolute atomic E-state index is 0.0740. The molecule has 2 fully saturated rings. The Morgan fingerprint density at radius 2 is 2.00 bits per heavy atom. The van der Waals surface area contributed by atoms with Crippen LogP contribution in [0.4, 0.5) is 4.79 Å². The van der Waals surface area contributed by atoms with Gasteiger partial charge in [-0.3, -0.25) is 4.79 Å². The third-order valence-electron chi connectivity index (χ3n) is 4.26. The molecule has 0 aromatic rings. The molecule has 2 amide bonds. The van der Waals surface area contributed by atoms with Gasteiger partial charge in [0.1, 0.15) is 6.04 Å². The first-order valence-corrected chi connectivity index (χ1v) is 7.40. The summed E-state index contributed by atoms with van der Waals surface area (Å²) in [4.78, 5) is 38.6. The Kier molecular flexibility index (Phi) is 4.69. The molecular weight excluding hydrogens is 276 g/mol. The highest BCUT2D eigenvalue weighted by Crippen LogP contribution is 2.27. The maximum atomic E-state index is 12.5. The number of nitrogens with zero attached hydrogens (tertiary/aromatic N) is 2. The summed E-state index contributed by atoms with van der Waals surface area (Å²) in [6, 6.07) is -0.780. The van der Waals surface area contributed by atoms with Crippen molar-refractivity contribution in [3.8, 4) is 0 Å². The predicted molar refractivity (Wildman–Crippen MR) is 73.6 cm³/mol. The minimum Gasteiger partial charge on any atom is -0.481 e. The van der Waals surface area contributed by atoms with Crippen LogP contribution >= 0.6 is 0 Å². The van der Waals surface area contributed by atoms with Gasteiger partial charge in [-0.2, -0.15) is 0 Å². The fourth-order valence-corrected chi connectivity index (χ4v) is 3.11. The van der Waals surface area contributed by atoms with Gasteiger partial charge in [0.15, 0.2) is 0 Å². The summed E-state index contributed by atoms with van der Waals surface area (Å²) in [6.07, 6.45) is 1.37. The minimum atomic E-state index is -0.874. The van der Waals surface area contributed by atoms with E-state index in [-0.39, 0.29) is 24.5 Å². The lowest BCUT2D eigenvalue weighted by Crippen LogP contribution is -2.48. The second-order valence-electron chi connectivity index (χ2n) is 5.71. The van der Waals surface area contributed by atoms with Crippen LogP contribution in [0.15, 0.2) is 0 Å². The van der Waals surface area contributed by atoms with E-state index in [1.165, 1.54) is 4.90 Å². The van der Waals surface area contributed by atoms with Crippen LogP contribution in [0.3, 0.4) is 0 Å². The molecule has 2 aliphatic heterocycles. The number of aliphatic carboxylic acids is 1. The van der Waals surface area contributed by atoms with Crippen molar-refractivity contribution in [1.82, 2.24) is 9.80 Å². The summed E-state index contributed by atoms with van der Waals surface area (Å²) in [5.74, 6) is -1.85. The van der Waals surface area contributed by atoms with Gasteiger partial charge in [-0.1, -0.05) is 6.92 Å². The number of urea groups is 1. The number of carboxylic acids is 1. The number of amides is 2. The first kappa shape index (κ1) is 15.6. The molecule has 0 saturated carbocycles. The molecule has 2 heterocycles. The first-order valence-electron chi connectivity index (χ1n) is 7.40. The van der Waals surface area contributed by atoms with Crippen LogP contribution in [-0.4, -0.2) is 65.2 Å². The van der Waals surface area contributed by atoms with Gasteiger partial charge >= 0.3 is 18.0 Å². The Labute approximate surface area is 123 Å². The van der Waals surface area contributed by atoms with Gasteiger partial charge in [-0.05, 0) is 25.7 Å². The van der Waals surface area contributed by atoms with Crippen LogP contribution in [0.5, 0.6) is 0 Å². The van der Waals surface area contributed by atoms with Crippen molar-refractivity contribution in [2.75, 3.05) is 26.2 Å². The van der Waals surface area contributed by atoms with Gasteiger partial charge in [0, 0.05) is 19.6 Å². The van der Waals surface area contributed by atoms with Gasteiger partial charge in [0.2, 0.25) is 0 Å². The quantitative estimate of drug-likeness (QED) is 0.778. The Morgan fingerprint density at radius 1 is 1.29 bits per heavy atom. The number of hydrogen-bond acceptors (Lipinski definition) is 4. The fourth-order valence-electron chi connectivity index (χ4n) is 3.11. The summed E-state index contributed by atoms with van der Waals surface area (Å²) in [6.45, 7) is 5.00. The van der Waals surface area contributed by atoms with E-state index in [9.17, 15) is 14.4 Å². The molecule has 21 heavy (non-hydrogen) atoms. The van der Waals surface area contributed by atoms with Crippen LogP contribution in [-0.2, 0) is 14.3 Å². The van der Waals surface area contributed by atoms with Gasteiger partial charge in [-0.25, -0.2) is 9.59 Å². The number of carbonyl (C=O) groups excluding carboxylic acids is 2. The lowest BCUT2D eigenvalue weighted by molar-refractivity contribution is -0.147. The highest BCUT2D eigenvalue weighted by molar-refractivity contribution is 5.85. The van der Waals surface area contributed by atoms with Gasteiger partial charge in [0.05, 0.1) is 12.5 Å². The number of carbonyl (C=O) groups is 3. The zero-order valence-electron chi connectivity index (χ0n) is 12.4. The number of hydrogen-bond donors (Lipinski definition) is 1. The molecule has 0 aliphatic carbocycles. The van der Waals surface area contributed by atoms with Gasteiger partial charge in [0.25, 0.3) is 0 Å². The number of ether oxygens (including phenoxy) is 1. The monoisotopic (exact) mass is 298 g/mol. The fraction of sp³-hybridized carbons (Fsp3) is 0.786. The Morgan fingerprint density at radius 3 is 2.57 bits per heavy atom. The average Bonchev–Trinajstić information content (AvgIpc) is 3.04. The molecule has 3 unspecified atom stereocenters. The van der Waals surface area contributed by atoms with Crippen molar-refractivity contribution < 1.29 is 24.2 Å². The normalized spacial score (nSPS) is 28.8. The number of carboxylic acid groups (broad SMARTS) is 1. The number of rotatable bonds is 3. The molecule has 2 rings (SSSR count). The van der Waals surface area contributed by atoms with Crippen LogP contribution in [0, 0.1) is 11.8 Å². The van der Waals surface area contributed by atoms with Crippen LogP contribution in [0.25, 0.3) is 0 Å². The van der Waals surface area contributed by atoms with Crippen molar-refractivity contribution in [1.29, 1.82) is 0 Å². The number of likely N-dealkylation sites (tertiary alicyclic amines) is 2. The molecule has 0 aromatic carbocycles. The summed E-state index contributed by atoms with van der Waals surface area (Å²) in [7, 11) is 0. The van der Waals surface area contributed by atoms with E-state index >= 15 is 0 Å². The first-order chi connectivity index (χ1) is 9.95.